The standard InChI is InChI=1S/C11H19BrO3/c1-9(2)11(14)5-7-15-6-3-4-10(13)8-12/h9H,3-8H2,1-2H3. The number of hydrogen-bond acceptors (Lipinski definition) is 3. The highest BCUT2D eigenvalue weighted by Gasteiger charge is 2.06. The minimum absolute atomic E-state index is 0.0866. The van der Waals surface area contributed by atoms with Gasteiger partial charge in [-0.1, -0.05) is 29.8 Å². The first kappa shape index (κ1) is 14.8. The van der Waals surface area contributed by atoms with E-state index in [4.69, 9.17) is 4.74 Å². The van der Waals surface area contributed by atoms with Crippen LogP contribution in [-0.4, -0.2) is 30.1 Å². The van der Waals surface area contributed by atoms with Gasteiger partial charge in [0.25, 0.3) is 0 Å². The van der Waals surface area contributed by atoms with Gasteiger partial charge in [-0.05, 0) is 6.42 Å². The van der Waals surface area contributed by atoms with Gasteiger partial charge in [0.05, 0.1) is 11.9 Å². The zero-order valence-electron chi connectivity index (χ0n) is 9.42. The molecule has 0 aliphatic heterocycles. The molecule has 0 saturated carbocycles. The maximum absolute atomic E-state index is 11.2. The molecular formula is C11H19BrO3. The molecule has 0 aromatic heterocycles. The average Bonchev–Trinajstić information content (AvgIpc) is 2.22. The fourth-order valence-corrected chi connectivity index (χ4v) is 1.28. The summed E-state index contributed by atoms with van der Waals surface area (Å²) in [5, 5.41) is 0.416. The van der Waals surface area contributed by atoms with Gasteiger partial charge in [-0.2, -0.15) is 0 Å². The molecule has 4 heteroatoms. The Kier molecular flexibility index (Phi) is 8.91. The van der Waals surface area contributed by atoms with Crippen molar-refractivity contribution in [3.63, 3.8) is 0 Å². The first-order valence-corrected chi connectivity index (χ1v) is 6.38. The lowest BCUT2D eigenvalue weighted by Gasteiger charge is -2.05. The van der Waals surface area contributed by atoms with E-state index in [9.17, 15) is 9.59 Å². The Labute approximate surface area is 99.7 Å². The third-order valence-corrected chi connectivity index (χ3v) is 2.66. The summed E-state index contributed by atoms with van der Waals surface area (Å²) in [5.74, 6) is 0.506. The Hall–Kier alpha value is -0.220. The average molecular weight is 279 g/mol. The summed E-state index contributed by atoms with van der Waals surface area (Å²) in [5.41, 5.74) is 0. The lowest BCUT2D eigenvalue weighted by molar-refractivity contribution is -0.123. The van der Waals surface area contributed by atoms with Crippen LogP contribution in [0, 0.1) is 5.92 Å². The topological polar surface area (TPSA) is 43.4 Å². The van der Waals surface area contributed by atoms with E-state index >= 15 is 0 Å². The van der Waals surface area contributed by atoms with E-state index in [1.165, 1.54) is 0 Å². The van der Waals surface area contributed by atoms with Crippen molar-refractivity contribution in [3.05, 3.63) is 0 Å². The molecular weight excluding hydrogens is 260 g/mol. The normalized spacial score (nSPS) is 10.7. The highest BCUT2D eigenvalue weighted by molar-refractivity contribution is 9.09. The molecule has 0 spiro atoms. The van der Waals surface area contributed by atoms with Gasteiger partial charge in [0.2, 0.25) is 0 Å². The van der Waals surface area contributed by atoms with Crippen molar-refractivity contribution in [2.45, 2.75) is 33.1 Å². The first-order valence-electron chi connectivity index (χ1n) is 5.26. The molecule has 3 nitrogen and oxygen atoms in total. The molecule has 0 atom stereocenters. The SMILES string of the molecule is CC(C)C(=O)CCOCCCC(=O)CBr. The van der Waals surface area contributed by atoms with Gasteiger partial charge in [0.15, 0.2) is 0 Å². The molecule has 0 aliphatic rings. The van der Waals surface area contributed by atoms with Gasteiger partial charge >= 0.3 is 0 Å². The molecule has 88 valence electrons. The fourth-order valence-electron chi connectivity index (χ4n) is 1.00. The van der Waals surface area contributed by atoms with Crippen LogP contribution in [0.25, 0.3) is 0 Å². The number of Topliss-reactive ketones (excluding diaryl/α,β-unsaturated/α-hetero) is 2. The number of carbonyl (C=O) groups excluding carboxylic acids is 2. The fraction of sp³-hybridized carbons (Fsp3) is 0.818. The number of ether oxygens (including phenoxy) is 1. The second-order valence-electron chi connectivity index (χ2n) is 3.76. The summed E-state index contributed by atoms with van der Waals surface area (Å²) in [6.45, 7) is 4.80. The van der Waals surface area contributed by atoms with Crippen molar-refractivity contribution >= 4 is 27.5 Å². The van der Waals surface area contributed by atoms with E-state index in [0.717, 1.165) is 6.42 Å². The molecule has 0 heterocycles. The predicted octanol–water partition coefficient (Wildman–Crippen LogP) is 2.36. The van der Waals surface area contributed by atoms with E-state index < -0.39 is 0 Å². The maximum atomic E-state index is 11.2. The Bertz CT molecular complexity index is 202. The molecule has 0 unspecified atom stereocenters. The quantitative estimate of drug-likeness (QED) is 0.480. The molecule has 0 saturated heterocycles. The van der Waals surface area contributed by atoms with E-state index in [-0.39, 0.29) is 17.5 Å². The zero-order valence-corrected chi connectivity index (χ0v) is 11.0. The van der Waals surface area contributed by atoms with Crippen LogP contribution in [0.2, 0.25) is 0 Å². The Morgan fingerprint density at radius 3 is 2.40 bits per heavy atom. The zero-order chi connectivity index (χ0) is 11.7. The van der Waals surface area contributed by atoms with Crippen LogP contribution in [0.4, 0.5) is 0 Å². The number of hydrogen-bond donors (Lipinski definition) is 0. The third kappa shape index (κ3) is 8.75. The summed E-state index contributed by atoms with van der Waals surface area (Å²) in [4.78, 5) is 22.1. The highest BCUT2D eigenvalue weighted by Crippen LogP contribution is 2.00. The summed E-state index contributed by atoms with van der Waals surface area (Å²) < 4.78 is 5.26. The minimum Gasteiger partial charge on any atom is -0.381 e. The van der Waals surface area contributed by atoms with Crippen LogP contribution in [-0.2, 0) is 14.3 Å². The van der Waals surface area contributed by atoms with Gasteiger partial charge in [-0.25, -0.2) is 0 Å². The largest absolute Gasteiger partial charge is 0.381 e. The first-order chi connectivity index (χ1) is 7.07. The maximum Gasteiger partial charge on any atom is 0.143 e. The van der Waals surface area contributed by atoms with E-state index in [1.807, 2.05) is 13.8 Å². The minimum atomic E-state index is 0.0866. The van der Waals surface area contributed by atoms with Crippen molar-refractivity contribution in [2.75, 3.05) is 18.5 Å². The van der Waals surface area contributed by atoms with Crippen molar-refractivity contribution < 1.29 is 14.3 Å². The number of halogens is 1. The number of alkyl halides is 1. The van der Waals surface area contributed by atoms with E-state index in [1.54, 1.807) is 0 Å². The smallest absolute Gasteiger partial charge is 0.143 e. The van der Waals surface area contributed by atoms with Gasteiger partial charge < -0.3 is 4.74 Å². The Morgan fingerprint density at radius 1 is 1.20 bits per heavy atom. The number of ketones is 2. The summed E-state index contributed by atoms with van der Waals surface area (Å²) in [7, 11) is 0. The van der Waals surface area contributed by atoms with Crippen molar-refractivity contribution in [3.8, 4) is 0 Å². The van der Waals surface area contributed by atoms with E-state index in [2.05, 4.69) is 15.9 Å². The summed E-state index contributed by atoms with van der Waals surface area (Å²) >= 11 is 3.10. The van der Waals surface area contributed by atoms with Gasteiger partial charge in [0, 0.05) is 25.4 Å². The van der Waals surface area contributed by atoms with Crippen molar-refractivity contribution in [1.29, 1.82) is 0 Å². The molecule has 0 bridgehead atoms. The lowest BCUT2D eigenvalue weighted by Crippen LogP contribution is -2.11. The van der Waals surface area contributed by atoms with Crippen LogP contribution in [0.15, 0.2) is 0 Å². The monoisotopic (exact) mass is 278 g/mol. The van der Waals surface area contributed by atoms with E-state index in [0.29, 0.717) is 31.4 Å². The Balaban J connectivity index is 3.25. The van der Waals surface area contributed by atoms with Crippen LogP contribution in [0.3, 0.4) is 0 Å². The molecule has 0 aromatic carbocycles. The van der Waals surface area contributed by atoms with Crippen LogP contribution in [0.1, 0.15) is 33.1 Å². The van der Waals surface area contributed by atoms with Gasteiger partial charge in [-0.3, -0.25) is 9.59 Å². The second kappa shape index (κ2) is 9.04. The Morgan fingerprint density at radius 2 is 1.87 bits per heavy atom. The van der Waals surface area contributed by atoms with Crippen LogP contribution >= 0.6 is 15.9 Å². The molecule has 15 heavy (non-hydrogen) atoms. The molecule has 0 fully saturated rings. The molecule has 0 radical (unpaired) electrons. The predicted molar refractivity (Wildman–Crippen MR) is 63.3 cm³/mol. The molecule has 0 amide bonds. The summed E-state index contributed by atoms with van der Waals surface area (Å²) in [6, 6.07) is 0. The summed E-state index contributed by atoms with van der Waals surface area (Å²) in [6.07, 6.45) is 1.76. The van der Waals surface area contributed by atoms with Crippen molar-refractivity contribution in [1.82, 2.24) is 0 Å². The molecule has 0 rings (SSSR count). The molecule has 0 N–H and O–H groups in total. The van der Waals surface area contributed by atoms with Crippen LogP contribution < -0.4 is 0 Å². The molecule has 0 aromatic rings. The van der Waals surface area contributed by atoms with Crippen molar-refractivity contribution in [2.24, 2.45) is 5.92 Å². The third-order valence-electron chi connectivity index (χ3n) is 2.03. The highest BCUT2D eigenvalue weighted by atomic mass is 79.9. The number of rotatable bonds is 9. The molecule has 0 aliphatic carbocycles. The second-order valence-corrected chi connectivity index (χ2v) is 4.32. The van der Waals surface area contributed by atoms with Gasteiger partial charge in [0.1, 0.15) is 11.6 Å². The van der Waals surface area contributed by atoms with Gasteiger partial charge in [-0.15, -0.1) is 0 Å². The number of carbonyl (C=O) groups is 2. The van der Waals surface area contributed by atoms with Crippen LogP contribution in [0.5, 0.6) is 0 Å². The lowest BCUT2D eigenvalue weighted by atomic mass is 10.1.